The highest BCUT2D eigenvalue weighted by atomic mass is 16.3. The van der Waals surface area contributed by atoms with Gasteiger partial charge in [-0.05, 0) is 69.1 Å². The van der Waals surface area contributed by atoms with Crippen molar-refractivity contribution < 1.29 is 4.42 Å². The van der Waals surface area contributed by atoms with Crippen LogP contribution in [0, 0.1) is 0 Å². The molecule has 0 N–H and O–H groups in total. The minimum atomic E-state index is 0.616. The van der Waals surface area contributed by atoms with Crippen LogP contribution in [-0.2, 0) is 0 Å². The van der Waals surface area contributed by atoms with Gasteiger partial charge in [-0.2, -0.15) is 0 Å². The van der Waals surface area contributed by atoms with Crippen LogP contribution >= 0.6 is 0 Å². The molecular weight excluding hydrogens is 550 g/mol. The van der Waals surface area contributed by atoms with Crippen LogP contribution in [0.15, 0.2) is 156 Å². The van der Waals surface area contributed by atoms with Gasteiger partial charge in [-0.15, -0.1) is 0 Å². The van der Waals surface area contributed by atoms with Crippen LogP contribution in [0.4, 0.5) is 0 Å². The molecule has 0 bridgehead atoms. The molecule has 0 amide bonds. The molecule has 2 heterocycles. The summed E-state index contributed by atoms with van der Waals surface area (Å²) in [5, 5.41) is 6.75. The lowest BCUT2D eigenvalue weighted by molar-refractivity contribution is 0.669. The molecule has 45 heavy (non-hydrogen) atoms. The number of fused-ring (bicyclic) bond motifs is 5. The molecule has 0 fully saturated rings. The van der Waals surface area contributed by atoms with Crippen LogP contribution in [-0.4, -0.2) is 15.0 Å². The number of hydrogen-bond acceptors (Lipinski definition) is 4. The summed E-state index contributed by atoms with van der Waals surface area (Å²) in [6.07, 6.45) is 0. The second kappa shape index (κ2) is 10.2. The molecule has 0 atom stereocenters. The lowest BCUT2D eigenvalue weighted by Crippen LogP contribution is -2.00. The van der Waals surface area contributed by atoms with Crippen LogP contribution < -0.4 is 0 Å². The van der Waals surface area contributed by atoms with Crippen molar-refractivity contribution in [1.29, 1.82) is 0 Å². The topological polar surface area (TPSA) is 51.8 Å². The smallest absolute Gasteiger partial charge is 0.164 e. The number of nitrogens with zero attached hydrogens (tertiary/aromatic N) is 3. The van der Waals surface area contributed by atoms with E-state index in [0.717, 1.165) is 60.5 Å². The second-order valence-corrected chi connectivity index (χ2v) is 11.3. The van der Waals surface area contributed by atoms with Crippen molar-refractivity contribution in [2.75, 3.05) is 0 Å². The van der Waals surface area contributed by atoms with Gasteiger partial charge in [-0.1, -0.05) is 115 Å². The second-order valence-electron chi connectivity index (χ2n) is 11.3. The highest BCUT2D eigenvalue weighted by molar-refractivity contribution is 6.13. The Balaban J connectivity index is 1.27. The van der Waals surface area contributed by atoms with Gasteiger partial charge in [-0.25, -0.2) is 15.0 Å². The lowest BCUT2D eigenvalue weighted by atomic mass is 9.99. The van der Waals surface area contributed by atoms with E-state index in [-0.39, 0.29) is 0 Å². The molecule has 0 saturated carbocycles. The Morgan fingerprint density at radius 2 is 0.889 bits per heavy atom. The summed E-state index contributed by atoms with van der Waals surface area (Å²) in [7, 11) is 0. The molecule has 9 rings (SSSR count). The number of rotatable bonds is 4. The zero-order valence-electron chi connectivity index (χ0n) is 24.2. The van der Waals surface area contributed by atoms with Gasteiger partial charge in [-0.3, -0.25) is 0 Å². The Morgan fingerprint density at radius 1 is 0.356 bits per heavy atom. The molecule has 7 aromatic carbocycles. The van der Waals surface area contributed by atoms with Gasteiger partial charge in [0.25, 0.3) is 0 Å². The van der Waals surface area contributed by atoms with E-state index in [0.29, 0.717) is 17.5 Å². The maximum absolute atomic E-state index is 6.32. The molecule has 0 aliphatic carbocycles. The third-order valence-electron chi connectivity index (χ3n) is 8.49. The SMILES string of the molecule is c1ccc(-c2cccc3oc4ccc(-c5nc(-c6ccc7ccccc7c6)nc(-c6ccc7ccccc7c6)n5)cc4c23)cc1. The maximum atomic E-state index is 6.32. The zero-order valence-corrected chi connectivity index (χ0v) is 24.2. The van der Waals surface area contributed by atoms with E-state index in [1.165, 1.54) is 10.8 Å². The van der Waals surface area contributed by atoms with Crippen molar-refractivity contribution in [1.82, 2.24) is 15.0 Å². The van der Waals surface area contributed by atoms with Crippen molar-refractivity contribution in [3.8, 4) is 45.3 Å². The summed E-state index contributed by atoms with van der Waals surface area (Å²) in [5.41, 5.74) is 6.76. The summed E-state index contributed by atoms with van der Waals surface area (Å²) in [5.74, 6) is 1.89. The van der Waals surface area contributed by atoms with Gasteiger partial charge in [0.15, 0.2) is 17.5 Å². The minimum Gasteiger partial charge on any atom is -0.456 e. The van der Waals surface area contributed by atoms with E-state index in [9.17, 15) is 0 Å². The zero-order chi connectivity index (χ0) is 29.7. The van der Waals surface area contributed by atoms with Gasteiger partial charge in [0, 0.05) is 27.5 Å². The molecule has 0 spiro atoms. The quantitative estimate of drug-likeness (QED) is 0.209. The first-order chi connectivity index (χ1) is 22.3. The van der Waals surface area contributed by atoms with E-state index in [4.69, 9.17) is 19.4 Å². The number of hydrogen-bond donors (Lipinski definition) is 0. The van der Waals surface area contributed by atoms with Crippen LogP contribution in [0.3, 0.4) is 0 Å². The molecule has 210 valence electrons. The summed E-state index contributed by atoms with van der Waals surface area (Å²) in [6, 6.07) is 52.3. The fourth-order valence-electron chi connectivity index (χ4n) is 6.24. The fraction of sp³-hybridized carbons (Fsp3) is 0. The first kappa shape index (κ1) is 25.4. The first-order valence-corrected chi connectivity index (χ1v) is 15.0. The summed E-state index contributed by atoms with van der Waals surface area (Å²) in [6.45, 7) is 0. The first-order valence-electron chi connectivity index (χ1n) is 15.0. The fourth-order valence-corrected chi connectivity index (χ4v) is 6.24. The summed E-state index contributed by atoms with van der Waals surface area (Å²) in [4.78, 5) is 15.2. The predicted molar refractivity (Wildman–Crippen MR) is 184 cm³/mol. The predicted octanol–water partition coefficient (Wildman–Crippen LogP) is 10.7. The minimum absolute atomic E-state index is 0.616. The number of aromatic nitrogens is 3. The summed E-state index contributed by atoms with van der Waals surface area (Å²) >= 11 is 0. The van der Waals surface area contributed by atoms with Crippen molar-refractivity contribution in [2.24, 2.45) is 0 Å². The molecule has 4 nitrogen and oxygen atoms in total. The third kappa shape index (κ3) is 4.43. The molecular formula is C41H25N3O. The van der Waals surface area contributed by atoms with Crippen molar-refractivity contribution in [3.63, 3.8) is 0 Å². The van der Waals surface area contributed by atoms with Gasteiger partial charge >= 0.3 is 0 Å². The normalized spacial score (nSPS) is 11.6. The molecule has 0 saturated heterocycles. The lowest BCUT2D eigenvalue weighted by Gasteiger charge is -2.10. The van der Waals surface area contributed by atoms with Crippen molar-refractivity contribution >= 4 is 43.5 Å². The highest BCUT2D eigenvalue weighted by Crippen LogP contribution is 2.38. The largest absolute Gasteiger partial charge is 0.456 e. The Morgan fingerprint density at radius 3 is 1.51 bits per heavy atom. The standard InChI is InChI=1S/C41H25N3O/c1-2-11-28(12-3-1)34-15-8-16-37-38(34)35-25-33(21-22-36(35)45-37)41-43-39(31-19-17-26-9-4-6-13-29(26)23-31)42-40(44-41)32-20-18-27-10-5-7-14-30(27)24-32/h1-25H. The highest BCUT2D eigenvalue weighted by Gasteiger charge is 2.17. The van der Waals surface area contributed by atoms with E-state index >= 15 is 0 Å². The molecule has 0 unspecified atom stereocenters. The molecule has 9 aromatic rings. The Bertz CT molecular complexity index is 2450. The van der Waals surface area contributed by atoms with Crippen LogP contribution in [0.1, 0.15) is 0 Å². The van der Waals surface area contributed by atoms with Gasteiger partial charge < -0.3 is 4.42 Å². The average molecular weight is 576 g/mol. The molecule has 0 aliphatic heterocycles. The maximum Gasteiger partial charge on any atom is 0.164 e. The van der Waals surface area contributed by atoms with Gasteiger partial charge in [0.2, 0.25) is 0 Å². The molecule has 0 radical (unpaired) electrons. The Kier molecular flexibility index (Phi) is 5.78. The van der Waals surface area contributed by atoms with Crippen LogP contribution in [0.5, 0.6) is 0 Å². The van der Waals surface area contributed by atoms with E-state index < -0.39 is 0 Å². The molecule has 2 aromatic heterocycles. The Hall–Kier alpha value is -6.13. The van der Waals surface area contributed by atoms with Crippen molar-refractivity contribution in [3.05, 3.63) is 152 Å². The van der Waals surface area contributed by atoms with E-state index in [1.54, 1.807) is 0 Å². The Labute approximate surface area is 259 Å². The van der Waals surface area contributed by atoms with Gasteiger partial charge in [0.05, 0.1) is 0 Å². The average Bonchev–Trinajstić information content (AvgIpc) is 3.49. The third-order valence-corrected chi connectivity index (χ3v) is 8.49. The number of benzene rings is 7. The number of furan rings is 1. The van der Waals surface area contributed by atoms with Crippen LogP contribution in [0.2, 0.25) is 0 Å². The van der Waals surface area contributed by atoms with E-state index in [2.05, 4.69) is 121 Å². The van der Waals surface area contributed by atoms with Crippen LogP contribution in [0.25, 0.3) is 88.8 Å². The van der Waals surface area contributed by atoms with Gasteiger partial charge in [0.1, 0.15) is 11.2 Å². The summed E-state index contributed by atoms with van der Waals surface area (Å²) < 4.78 is 6.32. The van der Waals surface area contributed by atoms with Crippen molar-refractivity contribution in [2.45, 2.75) is 0 Å². The monoisotopic (exact) mass is 575 g/mol. The molecule has 0 aliphatic rings. The van der Waals surface area contributed by atoms with E-state index in [1.807, 2.05) is 30.3 Å². The molecule has 4 heteroatoms.